The van der Waals surface area contributed by atoms with Gasteiger partial charge in [-0.2, -0.15) is 0 Å². The number of hydrogen-bond acceptors (Lipinski definition) is 4. The van der Waals surface area contributed by atoms with E-state index in [1.807, 2.05) is 18.2 Å². The molecule has 0 unspecified atom stereocenters. The van der Waals surface area contributed by atoms with Crippen molar-refractivity contribution in [2.45, 2.75) is 65.1 Å². The van der Waals surface area contributed by atoms with Gasteiger partial charge in [-0.05, 0) is 49.0 Å². The third kappa shape index (κ3) is 7.27. The van der Waals surface area contributed by atoms with Crippen LogP contribution in [-0.2, 0) is 20.6 Å². The second kappa shape index (κ2) is 14.5. The van der Waals surface area contributed by atoms with Gasteiger partial charge in [-0.25, -0.2) is 0 Å². The van der Waals surface area contributed by atoms with Crippen LogP contribution >= 0.6 is 0 Å². The first kappa shape index (κ1) is 35.8. The second-order valence-corrected chi connectivity index (χ2v) is 23.1. The monoisotopic (exact) mass is 684 g/mol. The normalized spacial score (nSPS) is 12.3. The highest BCUT2D eigenvalue weighted by molar-refractivity contribution is 7.00. The summed E-state index contributed by atoms with van der Waals surface area (Å²) in [4.78, 5) is 12.0. The highest BCUT2D eigenvalue weighted by Crippen LogP contribution is 2.41. The number of ether oxygens (including phenoxy) is 1. The number of esters is 1. The Morgan fingerprint density at radius 1 is 0.592 bits per heavy atom. The number of benzene rings is 5. The average molecular weight is 685 g/mol. The summed E-state index contributed by atoms with van der Waals surface area (Å²) in [5.41, 5.74) is 1.57. The Morgan fingerprint density at radius 3 is 1.35 bits per heavy atom. The third-order valence-electron chi connectivity index (χ3n) is 9.19. The molecule has 0 amide bonds. The summed E-state index contributed by atoms with van der Waals surface area (Å²) in [5, 5.41) is 4.30. The van der Waals surface area contributed by atoms with Gasteiger partial charge < -0.3 is 13.6 Å². The lowest BCUT2D eigenvalue weighted by atomic mass is 10.1. The molecule has 0 fully saturated rings. The van der Waals surface area contributed by atoms with Gasteiger partial charge in [-0.15, -0.1) is 0 Å². The Morgan fingerprint density at radius 2 is 0.980 bits per heavy atom. The zero-order chi connectivity index (χ0) is 35.3. The molecule has 0 N–H and O–H groups in total. The second-order valence-electron chi connectivity index (χ2n) is 14.6. The highest BCUT2D eigenvalue weighted by atomic mass is 28.4. The van der Waals surface area contributed by atoms with Gasteiger partial charge in [-0.1, -0.05) is 169 Å². The Balaban J connectivity index is 1.72. The van der Waals surface area contributed by atoms with Crippen LogP contribution in [0.4, 0.5) is 0 Å². The van der Waals surface area contributed by atoms with E-state index < -0.39 is 22.6 Å². The molecule has 0 bridgehead atoms. The Hall–Kier alpha value is -4.50. The molecule has 0 atom stereocenters. The molecule has 0 spiro atoms. The Labute approximate surface area is 294 Å². The molecule has 0 aliphatic heterocycles. The van der Waals surface area contributed by atoms with Crippen LogP contribution in [0.15, 0.2) is 146 Å². The lowest BCUT2D eigenvalue weighted by molar-refractivity contribution is -0.134. The van der Waals surface area contributed by atoms with Gasteiger partial charge in [0.15, 0.2) is 0 Å². The molecule has 252 valence electrons. The summed E-state index contributed by atoms with van der Waals surface area (Å²) < 4.78 is 20.5. The molecule has 0 aliphatic rings. The SMILES string of the molecule is C=C(OC(C)=O)c1ccc(O[Si](c2ccccc2)(c2ccccc2)C(C)(C)C)c(CO[Si](c2ccccc2)(c2ccccc2)C(C)(C)C)c1. The summed E-state index contributed by atoms with van der Waals surface area (Å²) in [6.45, 7) is 19.4. The van der Waals surface area contributed by atoms with E-state index in [0.717, 1.165) is 11.3 Å². The average Bonchev–Trinajstić information content (AvgIpc) is 3.08. The first-order valence-corrected chi connectivity index (χ1v) is 20.7. The molecule has 5 aromatic rings. The molecular weight excluding hydrogens is 637 g/mol. The molecule has 5 rings (SSSR count). The Kier molecular flexibility index (Phi) is 10.6. The molecule has 0 aromatic heterocycles. The summed E-state index contributed by atoms with van der Waals surface area (Å²) in [6, 6.07) is 48.4. The van der Waals surface area contributed by atoms with Crippen LogP contribution in [0, 0.1) is 0 Å². The summed E-state index contributed by atoms with van der Waals surface area (Å²) in [6.07, 6.45) is 0. The van der Waals surface area contributed by atoms with Crippen LogP contribution < -0.4 is 25.2 Å². The summed E-state index contributed by atoms with van der Waals surface area (Å²) in [5.74, 6) is 0.616. The lowest BCUT2D eigenvalue weighted by Crippen LogP contribution is -2.69. The molecule has 5 aromatic carbocycles. The van der Waals surface area contributed by atoms with E-state index in [2.05, 4.69) is 169 Å². The van der Waals surface area contributed by atoms with Crippen molar-refractivity contribution in [3.63, 3.8) is 0 Å². The first-order chi connectivity index (χ1) is 23.3. The minimum Gasteiger partial charge on any atom is -0.534 e. The minimum atomic E-state index is -2.98. The molecular formula is C43H48O4Si2. The van der Waals surface area contributed by atoms with E-state index in [1.165, 1.54) is 27.7 Å². The van der Waals surface area contributed by atoms with Gasteiger partial charge in [0.1, 0.15) is 11.5 Å². The van der Waals surface area contributed by atoms with Gasteiger partial charge in [0.25, 0.3) is 8.32 Å². The topological polar surface area (TPSA) is 44.8 Å². The smallest absolute Gasteiger partial charge is 0.319 e. The quantitative estimate of drug-likeness (QED) is 0.0799. The number of carbonyl (C=O) groups is 1. The van der Waals surface area contributed by atoms with Gasteiger partial charge >= 0.3 is 14.3 Å². The number of carbonyl (C=O) groups excluding carboxylic acids is 1. The summed E-state index contributed by atoms with van der Waals surface area (Å²) in [7, 11) is -5.88. The van der Waals surface area contributed by atoms with Crippen molar-refractivity contribution in [1.82, 2.24) is 0 Å². The molecule has 0 saturated heterocycles. The van der Waals surface area contributed by atoms with Crippen molar-refractivity contribution in [2.75, 3.05) is 0 Å². The minimum absolute atomic E-state index is 0.215. The van der Waals surface area contributed by atoms with E-state index in [-0.39, 0.29) is 22.4 Å². The van der Waals surface area contributed by atoms with E-state index in [1.54, 1.807) is 0 Å². The molecule has 0 aliphatic carbocycles. The zero-order valence-corrected chi connectivity index (χ0v) is 31.8. The van der Waals surface area contributed by atoms with E-state index in [9.17, 15) is 4.79 Å². The largest absolute Gasteiger partial charge is 0.534 e. The van der Waals surface area contributed by atoms with Crippen molar-refractivity contribution < 1.29 is 18.4 Å². The highest BCUT2D eigenvalue weighted by Gasteiger charge is 2.53. The van der Waals surface area contributed by atoms with Crippen LogP contribution in [0.3, 0.4) is 0 Å². The third-order valence-corrected chi connectivity index (χ3v) is 19.1. The van der Waals surface area contributed by atoms with Crippen molar-refractivity contribution in [1.29, 1.82) is 0 Å². The molecule has 6 heteroatoms. The first-order valence-electron chi connectivity index (χ1n) is 16.9. The van der Waals surface area contributed by atoms with Gasteiger partial charge in [0.2, 0.25) is 0 Å². The van der Waals surface area contributed by atoms with Crippen LogP contribution in [0.25, 0.3) is 5.76 Å². The van der Waals surface area contributed by atoms with E-state index in [0.29, 0.717) is 5.56 Å². The maximum absolute atomic E-state index is 12.0. The fourth-order valence-electron chi connectivity index (χ4n) is 6.96. The van der Waals surface area contributed by atoms with Crippen molar-refractivity contribution in [2.24, 2.45) is 0 Å². The lowest BCUT2D eigenvalue weighted by Gasteiger charge is -2.44. The Bertz CT molecular complexity index is 1780. The standard InChI is InChI=1S/C43H48O4Si2/c1-33(46-34(2)44)35-29-30-41(47-49(43(6,7)8,39-25-17-11-18-26-39)40-27-19-12-20-28-40)36(31-35)32-45-48(42(3,4)5,37-21-13-9-14-22-37)38-23-15-10-16-24-38/h9-31H,1,32H2,2-8H3. The predicted octanol–water partition coefficient (Wildman–Crippen LogP) is 8.24. The van der Waals surface area contributed by atoms with Crippen LogP contribution in [0.2, 0.25) is 10.1 Å². The van der Waals surface area contributed by atoms with Crippen LogP contribution in [0.1, 0.15) is 59.6 Å². The van der Waals surface area contributed by atoms with Gasteiger partial charge in [0, 0.05) is 18.1 Å². The fraction of sp³-hybridized carbons (Fsp3) is 0.233. The fourth-order valence-corrected chi connectivity index (χ4v) is 15.9. The van der Waals surface area contributed by atoms with Crippen molar-refractivity contribution in [3.8, 4) is 5.75 Å². The van der Waals surface area contributed by atoms with Crippen LogP contribution in [0.5, 0.6) is 5.75 Å². The molecule has 0 heterocycles. The zero-order valence-electron chi connectivity index (χ0n) is 29.8. The van der Waals surface area contributed by atoms with E-state index in [4.69, 9.17) is 13.6 Å². The predicted molar refractivity (Wildman–Crippen MR) is 208 cm³/mol. The molecule has 4 nitrogen and oxygen atoms in total. The van der Waals surface area contributed by atoms with Crippen LogP contribution in [-0.4, -0.2) is 22.6 Å². The number of rotatable bonds is 11. The molecule has 0 radical (unpaired) electrons. The summed E-state index contributed by atoms with van der Waals surface area (Å²) >= 11 is 0. The van der Waals surface area contributed by atoms with Gasteiger partial charge in [0.05, 0.1) is 6.61 Å². The van der Waals surface area contributed by atoms with Gasteiger partial charge in [-0.3, -0.25) is 4.79 Å². The van der Waals surface area contributed by atoms with Crippen molar-refractivity contribution in [3.05, 3.63) is 157 Å². The molecule has 0 saturated carbocycles. The maximum Gasteiger partial charge on any atom is 0.319 e. The molecule has 49 heavy (non-hydrogen) atoms. The number of hydrogen-bond donors (Lipinski definition) is 0. The van der Waals surface area contributed by atoms with Crippen molar-refractivity contribution >= 4 is 49.1 Å². The van der Waals surface area contributed by atoms with E-state index >= 15 is 0 Å². The maximum atomic E-state index is 12.0.